The first kappa shape index (κ1) is 10.6. The molecular formula is C9H19NO. The molecule has 2 nitrogen and oxygen atoms in total. The van der Waals surface area contributed by atoms with Crippen LogP contribution in [0.3, 0.4) is 0 Å². The van der Waals surface area contributed by atoms with Crippen molar-refractivity contribution in [1.82, 2.24) is 0 Å². The molecule has 0 spiro atoms. The van der Waals surface area contributed by atoms with Crippen molar-refractivity contribution in [1.29, 1.82) is 0 Å². The molecule has 0 aliphatic heterocycles. The number of carbonyl (C=O) groups excluding carboxylic acids is 1. The summed E-state index contributed by atoms with van der Waals surface area (Å²) in [6, 6.07) is 0. The number of hydrogen-bond donors (Lipinski definition) is 1. The Morgan fingerprint density at radius 1 is 1.18 bits per heavy atom. The summed E-state index contributed by atoms with van der Waals surface area (Å²) in [5.41, 5.74) is 4.98. The van der Waals surface area contributed by atoms with Gasteiger partial charge >= 0.3 is 0 Å². The number of hydrogen-bond acceptors (Lipinski definition) is 2. The maximum Gasteiger partial charge on any atom is 0.152 e. The molecule has 0 atom stereocenters. The molecule has 0 aromatic rings. The molecule has 0 aromatic heterocycles. The molecule has 0 saturated carbocycles. The van der Waals surface area contributed by atoms with Crippen molar-refractivity contribution in [3.63, 3.8) is 0 Å². The van der Waals surface area contributed by atoms with Crippen LogP contribution in [0.1, 0.15) is 34.6 Å². The van der Waals surface area contributed by atoms with Gasteiger partial charge in [0.2, 0.25) is 0 Å². The zero-order valence-corrected chi connectivity index (χ0v) is 8.19. The molecule has 2 heteroatoms. The second kappa shape index (κ2) is 2.94. The number of Topliss-reactive ketones (excluding diaryl/α,β-unsaturated/α-hetero) is 1. The maximum absolute atomic E-state index is 11.4. The van der Waals surface area contributed by atoms with Crippen molar-refractivity contribution >= 4 is 5.78 Å². The van der Waals surface area contributed by atoms with Crippen molar-refractivity contribution < 1.29 is 4.79 Å². The summed E-state index contributed by atoms with van der Waals surface area (Å²) in [4.78, 5) is 11.4. The quantitative estimate of drug-likeness (QED) is 0.661. The smallest absolute Gasteiger partial charge is 0.152 e. The van der Waals surface area contributed by atoms with Gasteiger partial charge in [-0.05, 0) is 5.41 Å². The van der Waals surface area contributed by atoms with Gasteiger partial charge in [0.15, 0.2) is 5.78 Å². The Morgan fingerprint density at radius 3 is 1.64 bits per heavy atom. The molecule has 0 rings (SSSR count). The Kier molecular flexibility index (Phi) is 2.84. The summed E-state index contributed by atoms with van der Waals surface area (Å²) >= 11 is 0. The van der Waals surface area contributed by atoms with Crippen LogP contribution >= 0.6 is 0 Å². The molecule has 0 unspecified atom stereocenters. The van der Waals surface area contributed by atoms with Gasteiger partial charge in [0.05, 0.1) is 6.54 Å². The van der Waals surface area contributed by atoms with Crippen molar-refractivity contribution in [3.8, 4) is 0 Å². The summed E-state index contributed by atoms with van der Waals surface area (Å²) in [5.74, 6) is 0.130. The first-order valence-electron chi connectivity index (χ1n) is 3.97. The largest absolute Gasteiger partial charge is 0.324 e. The average molecular weight is 157 g/mol. The minimum atomic E-state index is -0.318. The standard InChI is InChI=1S/C9H19NO/c1-8(2,3)9(4,5)7(11)6-10/h6,10H2,1-5H3. The Balaban J connectivity index is 4.59. The second-order valence-corrected chi connectivity index (χ2v) is 4.50. The predicted molar refractivity (Wildman–Crippen MR) is 47.3 cm³/mol. The second-order valence-electron chi connectivity index (χ2n) is 4.50. The third kappa shape index (κ3) is 2.03. The van der Waals surface area contributed by atoms with Crippen LogP contribution in [0.2, 0.25) is 0 Å². The first-order valence-corrected chi connectivity index (χ1v) is 3.97. The van der Waals surface area contributed by atoms with E-state index in [9.17, 15) is 4.79 Å². The van der Waals surface area contributed by atoms with Crippen LogP contribution in [-0.2, 0) is 4.79 Å². The number of ketones is 1. The predicted octanol–water partition coefficient (Wildman–Crippen LogP) is 1.59. The molecule has 66 valence electrons. The number of carbonyl (C=O) groups is 1. The summed E-state index contributed by atoms with van der Waals surface area (Å²) in [7, 11) is 0. The van der Waals surface area contributed by atoms with Crippen molar-refractivity contribution in [3.05, 3.63) is 0 Å². The molecule has 0 aliphatic carbocycles. The monoisotopic (exact) mass is 157 g/mol. The fourth-order valence-electron chi connectivity index (χ4n) is 0.673. The SMILES string of the molecule is CC(C)(C)C(C)(C)C(=O)CN. The van der Waals surface area contributed by atoms with E-state index in [0.717, 1.165) is 0 Å². The lowest BCUT2D eigenvalue weighted by Gasteiger charge is -2.36. The van der Waals surface area contributed by atoms with Crippen LogP contribution in [0.5, 0.6) is 0 Å². The van der Waals surface area contributed by atoms with Crippen LogP contribution < -0.4 is 5.73 Å². The van der Waals surface area contributed by atoms with E-state index in [4.69, 9.17) is 5.73 Å². The summed E-state index contributed by atoms with van der Waals surface area (Å²) < 4.78 is 0. The molecule has 0 saturated heterocycles. The van der Waals surface area contributed by atoms with Gasteiger partial charge in [-0.15, -0.1) is 0 Å². The third-order valence-corrected chi connectivity index (χ3v) is 2.76. The summed E-state index contributed by atoms with van der Waals surface area (Å²) in [5, 5.41) is 0. The fourth-order valence-corrected chi connectivity index (χ4v) is 0.673. The number of rotatable bonds is 2. The van der Waals surface area contributed by atoms with Gasteiger partial charge in [0.1, 0.15) is 0 Å². The molecule has 0 aromatic carbocycles. The minimum absolute atomic E-state index is 0.0105. The van der Waals surface area contributed by atoms with E-state index in [-0.39, 0.29) is 23.2 Å². The van der Waals surface area contributed by atoms with Crippen LogP contribution in [0, 0.1) is 10.8 Å². The highest BCUT2D eigenvalue weighted by Gasteiger charge is 2.38. The highest BCUT2D eigenvalue weighted by atomic mass is 16.1. The summed E-state index contributed by atoms with van der Waals surface area (Å²) in [6.07, 6.45) is 0. The lowest BCUT2D eigenvalue weighted by atomic mass is 9.67. The molecule has 11 heavy (non-hydrogen) atoms. The molecular weight excluding hydrogens is 138 g/mol. The Labute approximate surface area is 69.2 Å². The van der Waals surface area contributed by atoms with Crippen LogP contribution in [0.15, 0.2) is 0 Å². The zero-order valence-electron chi connectivity index (χ0n) is 8.19. The molecule has 0 heterocycles. The van der Waals surface area contributed by atoms with Crippen molar-refractivity contribution in [2.45, 2.75) is 34.6 Å². The molecule has 2 N–H and O–H groups in total. The van der Waals surface area contributed by atoms with E-state index in [1.54, 1.807) is 0 Å². The third-order valence-electron chi connectivity index (χ3n) is 2.76. The van der Waals surface area contributed by atoms with Gasteiger partial charge in [0.25, 0.3) is 0 Å². The van der Waals surface area contributed by atoms with E-state index < -0.39 is 0 Å². The zero-order chi connectivity index (χ0) is 9.28. The Bertz CT molecular complexity index is 153. The highest BCUT2D eigenvalue weighted by Crippen LogP contribution is 2.38. The van der Waals surface area contributed by atoms with Crippen LogP contribution in [0.25, 0.3) is 0 Å². The van der Waals surface area contributed by atoms with E-state index in [2.05, 4.69) is 20.8 Å². The first-order chi connectivity index (χ1) is 4.73. The average Bonchev–Trinajstić information content (AvgIpc) is 1.83. The Morgan fingerprint density at radius 2 is 1.55 bits per heavy atom. The molecule has 0 amide bonds. The topological polar surface area (TPSA) is 43.1 Å². The maximum atomic E-state index is 11.4. The van der Waals surface area contributed by atoms with Gasteiger partial charge < -0.3 is 5.73 Å². The van der Waals surface area contributed by atoms with Crippen LogP contribution in [0.4, 0.5) is 0 Å². The van der Waals surface area contributed by atoms with Crippen LogP contribution in [-0.4, -0.2) is 12.3 Å². The van der Waals surface area contributed by atoms with E-state index in [0.29, 0.717) is 0 Å². The number of nitrogens with two attached hydrogens (primary N) is 1. The molecule has 0 radical (unpaired) electrons. The van der Waals surface area contributed by atoms with Crippen molar-refractivity contribution in [2.75, 3.05) is 6.54 Å². The normalized spacial score (nSPS) is 13.3. The van der Waals surface area contributed by atoms with E-state index in [1.165, 1.54) is 0 Å². The fraction of sp³-hybridized carbons (Fsp3) is 0.889. The Hall–Kier alpha value is -0.370. The van der Waals surface area contributed by atoms with Gasteiger partial charge in [-0.2, -0.15) is 0 Å². The summed E-state index contributed by atoms with van der Waals surface area (Å²) in [6.45, 7) is 10.2. The van der Waals surface area contributed by atoms with Gasteiger partial charge in [-0.1, -0.05) is 34.6 Å². The van der Waals surface area contributed by atoms with Gasteiger partial charge in [-0.3, -0.25) is 4.79 Å². The molecule has 0 fully saturated rings. The highest BCUT2D eigenvalue weighted by molar-refractivity contribution is 5.86. The van der Waals surface area contributed by atoms with E-state index in [1.807, 2.05) is 13.8 Å². The lowest BCUT2D eigenvalue weighted by molar-refractivity contribution is -0.130. The van der Waals surface area contributed by atoms with Gasteiger partial charge in [-0.25, -0.2) is 0 Å². The minimum Gasteiger partial charge on any atom is -0.324 e. The van der Waals surface area contributed by atoms with E-state index >= 15 is 0 Å². The van der Waals surface area contributed by atoms with Crippen molar-refractivity contribution in [2.24, 2.45) is 16.6 Å². The molecule has 0 bridgehead atoms. The lowest BCUT2D eigenvalue weighted by Crippen LogP contribution is -2.41. The molecule has 0 aliphatic rings. The van der Waals surface area contributed by atoms with Gasteiger partial charge in [0, 0.05) is 5.41 Å².